The highest BCUT2D eigenvalue weighted by atomic mass is 35.5. The molecule has 0 heterocycles. The Morgan fingerprint density at radius 2 is 2.00 bits per heavy atom. The maximum absolute atomic E-state index is 8.59. The lowest BCUT2D eigenvalue weighted by atomic mass is 10.1. The molecule has 74 valence electrons. The van der Waals surface area contributed by atoms with E-state index in [1.54, 1.807) is 30.3 Å². The van der Waals surface area contributed by atoms with E-state index in [9.17, 15) is 0 Å². The van der Waals surface area contributed by atoms with Crippen molar-refractivity contribution < 1.29 is 0 Å². The van der Waals surface area contributed by atoms with Gasteiger partial charge in [-0.25, -0.2) is 0 Å². The van der Waals surface area contributed by atoms with E-state index in [0.717, 1.165) is 5.56 Å². The van der Waals surface area contributed by atoms with Crippen molar-refractivity contribution in [3.63, 3.8) is 0 Å². The van der Waals surface area contributed by atoms with E-state index in [-0.39, 0.29) is 11.3 Å². The zero-order chi connectivity index (χ0) is 11.3. The molecule has 15 heavy (non-hydrogen) atoms. The molecule has 1 rings (SSSR count). The van der Waals surface area contributed by atoms with Crippen LogP contribution in [-0.2, 0) is 6.42 Å². The van der Waals surface area contributed by atoms with E-state index in [2.05, 4.69) is 0 Å². The molecule has 3 nitrogen and oxygen atoms in total. The predicted molar refractivity (Wildman–Crippen MR) is 57.6 cm³/mol. The van der Waals surface area contributed by atoms with Gasteiger partial charge in [0.2, 0.25) is 0 Å². The number of allylic oxidation sites excluding steroid dienone is 2. The zero-order valence-electron chi connectivity index (χ0n) is 7.87. The van der Waals surface area contributed by atoms with Gasteiger partial charge in [0.05, 0.1) is 0 Å². The normalized spacial score (nSPS) is 8.73. The SMILES string of the molecule is N#CC(C#N)=C(N)Cc1cccc(Cl)c1. The Labute approximate surface area is 93.0 Å². The predicted octanol–water partition coefficient (Wildman–Crippen LogP) is 2.14. The summed E-state index contributed by atoms with van der Waals surface area (Å²) in [7, 11) is 0. The second kappa shape index (κ2) is 5.05. The molecule has 1 aromatic rings. The van der Waals surface area contributed by atoms with E-state index in [1.165, 1.54) is 0 Å². The highest BCUT2D eigenvalue weighted by Gasteiger charge is 2.03. The van der Waals surface area contributed by atoms with Crippen molar-refractivity contribution in [3.8, 4) is 12.1 Å². The van der Waals surface area contributed by atoms with Crippen molar-refractivity contribution in [2.24, 2.45) is 5.73 Å². The molecule has 0 atom stereocenters. The molecule has 0 aliphatic heterocycles. The molecular weight excluding hydrogens is 210 g/mol. The smallest absolute Gasteiger partial charge is 0.148 e. The molecule has 0 amide bonds. The first-order valence-electron chi connectivity index (χ1n) is 4.20. The van der Waals surface area contributed by atoms with Gasteiger partial charge in [0.1, 0.15) is 17.7 Å². The molecule has 0 bridgehead atoms. The third-order valence-corrected chi connectivity index (χ3v) is 2.06. The van der Waals surface area contributed by atoms with Crippen LogP contribution in [0.4, 0.5) is 0 Å². The summed E-state index contributed by atoms with van der Waals surface area (Å²) in [5, 5.41) is 17.8. The summed E-state index contributed by atoms with van der Waals surface area (Å²) in [5.41, 5.74) is 6.71. The van der Waals surface area contributed by atoms with Crippen LogP contribution in [-0.4, -0.2) is 0 Å². The van der Waals surface area contributed by atoms with Crippen LogP contribution >= 0.6 is 11.6 Å². The third kappa shape index (κ3) is 3.02. The number of hydrogen-bond donors (Lipinski definition) is 1. The molecule has 2 N–H and O–H groups in total. The second-order valence-electron chi connectivity index (χ2n) is 2.93. The molecule has 0 saturated carbocycles. The molecule has 0 radical (unpaired) electrons. The van der Waals surface area contributed by atoms with Crippen LogP contribution < -0.4 is 5.73 Å². The van der Waals surface area contributed by atoms with E-state index in [0.29, 0.717) is 11.4 Å². The maximum Gasteiger partial charge on any atom is 0.148 e. The lowest BCUT2D eigenvalue weighted by molar-refractivity contribution is 1.09. The van der Waals surface area contributed by atoms with Crippen LogP contribution in [0.5, 0.6) is 0 Å². The quantitative estimate of drug-likeness (QED) is 0.772. The monoisotopic (exact) mass is 217 g/mol. The third-order valence-electron chi connectivity index (χ3n) is 1.83. The van der Waals surface area contributed by atoms with Crippen LogP contribution in [0, 0.1) is 22.7 Å². The van der Waals surface area contributed by atoms with Crippen molar-refractivity contribution >= 4 is 11.6 Å². The first-order valence-corrected chi connectivity index (χ1v) is 4.58. The highest BCUT2D eigenvalue weighted by molar-refractivity contribution is 6.30. The van der Waals surface area contributed by atoms with Gasteiger partial charge in [0.15, 0.2) is 0 Å². The molecule has 0 saturated heterocycles. The Morgan fingerprint density at radius 3 is 2.53 bits per heavy atom. The van der Waals surface area contributed by atoms with E-state index in [4.69, 9.17) is 27.9 Å². The molecular formula is C11H8ClN3. The lowest BCUT2D eigenvalue weighted by Crippen LogP contribution is -2.04. The van der Waals surface area contributed by atoms with Gasteiger partial charge in [-0.1, -0.05) is 23.7 Å². The number of rotatable bonds is 2. The fourth-order valence-electron chi connectivity index (χ4n) is 1.12. The average Bonchev–Trinajstić information content (AvgIpc) is 2.19. The van der Waals surface area contributed by atoms with Gasteiger partial charge < -0.3 is 5.73 Å². The number of nitriles is 2. The Balaban J connectivity index is 2.94. The minimum absolute atomic E-state index is 0.0463. The first-order chi connectivity index (χ1) is 7.17. The minimum atomic E-state index is -0.0463. The summed E-state index contributed by atoms with van der Waals surface area (Å²) in [5.74, 6) is 0. The van der Waals surface area contributed by atoms with Crippen LogP contribution in [0.2, 0.25) is 5.02 Å². The molecule has 0 aliphatic carbocycles. The fraction of sp³-hybridized carbons (Fsp3) is 0.0909. The van der Waals surface area contributed by atoms with Crippen LogP contribution in [0.1, 0.15) is 5.56 Å². The van der Waals surface area contributed by atoms with Gasteiger partial charge in [0.25, 0.3) is 0 Å². The van der Waals surface area contributed by atoms with Crippen molar-refractivity contribution in [1.82, 2.24) is 0 Å². The Kier molecular flexibility index (Phi) is 3.74. The number of hydrogen-bond acceptors (Lipinski definition) is 3. The zero-order valence-corrected chi connectivity index (χ0v) is 8.62. The van der Waals surface area contributed by atoms with Gasteiger partial charge in [-0.05, 0) is 17.7 Å². The Bertz CT molecular complexity index is 461. The van der Waals surface area contributed by atoms with Crippen molar-refractivity contribution in [2.45, 2.75) is 6.42 Å². The van der Waals surface area contributed by atoms with Crippen molar-refractivity contribution in [3.05, 3.63) is 46.1 Å². The molecule has 0 unspecified atom stereocenters. The summed E-state index contributed by atoms with van der Waals surface area (Å²) >= 11 is 5.79. The molecule has 4 heteroatoms. The topological polar surface area (TPSA) is 73.6 Å². The highest BCUT2D eigenvalue weighted by Crippen LogP contribution is 2.13. The van der Waals surface area contributed by atoms with E-state index < -0.39 is 0 Å². The number of benzene rings is 1. The number of nitrogens with zero attached hydrogens (tertiary/aromatic N) is 2. The molecule has 1 aromatic carbocycles. The Hall–Kier alpha value is -1.97. The van der Waals surface area contributed by atoms with Gasteiger partial charge in [-0.3, -0.25) is 0 Å². The van der Waals surface area contributed by atoms with Crippen LogP contribution in [0.3, 0.4) is 0 Å². The molecule has 0 aromatic heterocycles. The molecule has 0 fully saturated rings. The number of nitrogens with two attached hydrogens (primary N) is 1. The van der Waals surface area contributed by atoms with Gasteiger partial charge in [-0.2, -0.15) is 10.5 Å². The van der Waals surface area contributed by atoms with E-state index >= 15 is 0 Å². The van der Waals surface area contributed by atoms with Crippen molar-refractivity contribution in [2.75, 3.05) is 0 Å². The Morgan fingerprint density at radius 1 is 1.33 bits per heavy atom. The van der Waals surface area contributed by atoms with Crippen LogP contribution in [0.15, 0.2) is 35.5 Å². The van der Waals surface area contributed by atoms with Crippen molar-refractivity contribution in [1.29, 1.82) is 10.5 Å². The minimum Gasteiger partial charge on any atom is -0.400 e. The molecule has 0 spiro atoms. The fourth-order valence-corrected chi connectivity index (χ4v) is 1.34. The van der Waals surface area contributed by atoms with Crippen LogP contribution in [0.25, 0.3) is 0 Å². The van der Waals surface area contributed by atoms with Gasteiger partial charge >= 0.3 is 0 Å². The largest absolute Gasteiger partial charge is 0.400 e. The second-order valence-corrected chi connectivity index (χ2v) is 3.37. The van der Waals surface area contributed by atoms with Gasteiger partial charge in [0, 0.05) is 17.1 Å². The van der Waals surface area contributed by atoms with E-state index in [1.807, 2.05) is 6.07 Å². The standard InChI is InChI=1S/C11H8ClN3/c12-10-3-1-2-8(4-10)5-11(15)9(6-13)7-14/h1-4H,5,15H2. The molecule has 0 aliphatic rings. The average molecular weight is 218 g/mol. The number of halogens is 1. The van der Waals surface area contributed by atoms with Gasteiger partial charge in [-0.15, -0.1) is 0 Å². The summed E-state index contributed by atoms with van der Waals surface area (Å²) < 4.78 is 0. The summed E-state index contributed by atoms with van der Waals surface area (Å²) in [6, 6.07) is 10.6. The first kappa shape index (κ1) is 11.1. The summed E-state index contributed by atoms with van der Waals surface area (Å²) in [4.78, 5) is 0. The maximum atomic E-state index is 8.59. The summed E-state index contributed by atoms with van der Waals surface area (Å²) in [6.45, 7) is 0. The lowest BCUT2D eigenvalue weighted by Gasteiger charge is -2.01. The summed E-state index contributed by atoms with van der Waals surface area (Å²) in [6.07, 6.45) is 0.358.